The van der Waals surface area contributed by atoms with Crippen molar-refractivity contribution >= 4 is 0 Å². The number of aliphatic hydroxyl groups is 1. The summed E-state index contributed by atoms with van der Waals surface area (Å²) < 4.78 is 5.90. The minimum absolute atomic E-state index is 0.225. The largest absolute Gasteiger partial charge is 0.437 e. The molecule has 4 nitrogen and oxygen atoms in total. The van der Waals surface area contributed by atoms with Gasteiger partial charge in [-0.15, -0.1) is 0 Å². The summed E-state index contributed by atoms with van der Waals surface area (Å²) in [5.74, 6) is 1.54. The Balaban J connectivity index is 1.83. The van der Waals surface area contributed by atoms with E-state index in [0.29, 0.717) is 5.88 Å². The van der Waals surface area contributed by atoms with Gasteiger partial charge in [0.25, 0.3) is 0 Å². The van der Waals surface area contributed by atoms with Crippen LogP contribution in [0.3, 0.4) is 0 Å². The zero-order valence-corrected chi connectivity index (χ0v) is 12.2. The van der Waals surface area contributed by atoms with E-state index in [-0.39, 0.29) is 12.0 Å². The second kappa shape index (κ2) is 6.22. The maximum absolute atomic E-state index is 9.86. The van der Waals surface area contributed by atoms with Crippen LogP contribution in [0.4, 0.5) is 0 Å². The van der Waals surface area contributed by atoms with Crippen LogP contribution in [0, 0.1) is 6.92 Å². The molecule has 0 radical (unpaired) electrons. The standard InChI is InChI=1S/C17H20N2O2/c1-12-5-7-15(8-6-12)21-17-16(18-9-10-19-17)13-3-2-4-14(20)11-13/h5-10,13-14,20H,2-4,11H2,1H3. The first-order valence-electron chi connectivity index (χ1n) is 7.46. The van der Waals surface area contributed by atoms with Crippen molar-refractivity contribution in [2.24, 2.45) is 0 Å². The maximum Gasteiger partial charge on any atom is 0.241 e. The van der Waals surface area contributed by atoms with Crippen LogP contribution in [0.2, 0.25) is 0 Å². The van der Waals surface area contributed by atoms with Crippen molar-refractivity contribution in [3.63, 3.8) is 0 Å². The Morgan fingerprint density at radius 2 is 1.86 bits per heavy atom. The summed E-state index contributed by atoms with van der Waals surface area (Å²) in [5, 5.41) is 9.86. The van der Waals surface area contributed by atoms with Gasteiger partial charge >= 0.3 is 0 Å². The summed E-state index contributed by atoms with van der Waals surface area (Å²) in [6, 6.07) is 7.89. The molecular weight excluding hydrogens is 264 g/mol. The van der Waals surface area contributed by atoms with Gasteiger partial charge in [-0.3, -0.25) is 4.98 Å². The average molecular weight is 284 g/mol. The minimum Gasteiger partial charge on any atom is -0.437 e. The Bertz CT molecular complexity index is 598. The molecule has 1 aromatic carbocycles. The number of hydrogen-bond acceptors (Lipinski definition) is 4. The Kier molecular flexibility index (Phi) is 4.15. The molecule has 2 aromatic rings. The van der Waals surface area contributed by atoms with E-state index in [9.17, 15) is 5.11 Å². The third-order valence-corrected chi connectivity index (χ3v) is 3.96. The lowest BCUT2D eigenvalue weighted by Crippen LogP contribution is -2.19. The molecule has 21 heavy (non-hydrogen) atoms. The van der Waals surface area contributed by atoms with Crippen molar-refractivity contribution < 1.29 is 9.84 Å². The van der Waals surface area contributed by atoms with E-state index in [1.807, 2.05) is 31.2 Å². The van der Waals surface area contributed by atoms with Gasteiger partial charge in [-0.05, 0) is 38.3 Å². The first kappa shape index (κ1) is 14.0. The SMILES string of the molecule is Cc1ccc(Oc2nccnc2C2CCCC(O)C2)cc1. The van der Waals surface area contributed by atoms with Gasteiger partial charge in [0.05, 0.1) is 6.10 Å². The lowest BCUT2D eigenvalue weighted by atomic mass is 9.85. The number of aryl methyl sites for hydroxylation is 1. The van der Waals surface area contributed by atoms with E-state index in [1.54, 1.807) is 12.4 Å². The molecule has 1 saturated carbocycles. The molecule has 3 rings (SSSR count). The Hall–Kier alpha value is -1.94. The molecule has 110 valence electrons. The van der Waals surface area contributed by atoms with Gasteiger partial charge in [0.2, 0.25) is 5.88 Å². The van der Waals surface area contributed by atoms with Crippen LogP contribution in [-0.4, -0.2) is 21.2 Å². The second-order valence-corrected chi connectivity index (χ2v) is 5.68. The zero-order valence-electron chi connectivity index (χ0n) is 12.2. The number of aliphatic hydroxyl groups excluding tert-OH is 1. The molecule has 2 atom stereocenters. The normalized spacial score (nSPS) is 22.0. The fourth-order valence-electron chi connectivity index (χ4n) is 2.82. The quantitative estimate of drug-likeness (QED) is 0.935. The van der Waals surface area contributed by atoms with E-state index in [4.69, 9.17) is 4.74 Å². The molecule has 0 saturated heterocycles. The first-order chi connectivity index (χ1) is 10.2. The number of benzene rings is 1. The number of nitrogens with zero attached hydrogens (tertiary/aromatic N) is 2. The van der Waals surface area contributed by atoms with Gasteiger partial charge in [0, 0.05) is 18.3 Å². The molecule has 1 N–H and O–H groups in total. The lowest BCUT2D eigenvalue weighted by molar-refractivity contribution is 0.118. The highest BCUT2D eigenvalue weighted by atomic mass is 16.5. The van der Waals surface area contributed by atoms with Crippen molar-refractivity contribution in [2.45, 2.75) is 44.6 Å². The maximum atomic E-state index is 9.86. The summed E-state index contributed by atoms with van der Waals surface area (Å²) in [4.78, 5) is 8.78. The molecule has 0 amide bonds. The number of rotatable bonds is 3. The predicted octanol–water partition coefficient (Wildman–Crippen LogP) is 3.60. The molecule has 0 aliphatic heterocycles. The summed E-state index contributed by atoms with van der Waals surface area (Å²) in [5.41, 5.74) is 2.05. The molecule has 2 unspecified atom stereocenters. The Labute approximate surface area is 124 Å². The van der Waals surface area contributed by atoms with E-state index in [2.05, 4.69) is 9.97 Å². The summed E-state index contributed by atoms with van der Waals surface area (Å²) in [6.07, 6.45) is 6.77. The van der Waals surface area contributed by atoms with E-state index in [0.717, 1.165) is 37.1 Å². The second-order valence-electron chi connectivity index (χ2n) is 5.68. The van der Waals surface area contributed by atoms with Crippen LogP contribution >= 0.6 is 0 Å². The van der Waals surface area contributed by atoms with Gasteiger partial charge in [0.1, 0.15) is 11.4 Å². The van der Waals surface area contributed by atoms with Crippen LogP contribution in [0.15, 0.2) is 36.7 Å². The van der Waals surface area contributed by atoms with Crippen LogP contribution in [-0.2, 0) is 0 Å². The third kappa shape index (κ3) is 3.39. The highest BCUT2D eigenvalue weighted by Crippen LogP contribution is 2.36. The van der Waals surface area contributed by atoms with Gasteiger partial charge in [-0.2, -0.15) is 0 Å². The topological polar surface area (TPSA) is 55.2 Å². The molecule has 4 heteroatoms. The number of hydrogen-bond donors (Lipinski definition) is 1. The van der Waals surface area contributed by atoms with E-state index < -0.39 is 0 Å². The van der Waals surface area contributed by atoms with Crippen molar-refractivity contribution in [1.29, 1.82) is 0 Å². The molecule has 1 aliphatic rings. The molecule has 0 spiro atoms. The van der Waals surface area contributed by atoms with Crippen LogP contribution < -0.4 is 4.74 Å². The van der Waals surface area contributed by atoms with Gasteiger partial charge in [0.15, 0.2) is 0 Å². The molecule has 1 heterocycles. The molecule has 1 fully saturated rings. The third-order valence-electron chi connectivity index (χ3n) is 3.96. The smallest absolute Gasteiger partial charge is 0.241 e. The van der Waals surface area contributed by atoms with Crippen LogP contribution in [0.25, 0.3) is 0 Å². The van der Waals surface area contributed by atoms with Crippen molar-refractivity contribution in [1.82, 2.24) is 9.97 Å². The van der Waals surface area contributed by atoms with Crippen molar-refractivity contribution in [3.05, 3.63) is 47.9 Å². The fraction of sp³-hybridized carbons (Fsp3) is 0.412. The van der Waals surface area contributed by atoms with Crippen LogP contribution in [0.1, 0.15) is 42.9 Å². The summed E-state index contributed by atoms with van der Waals surface area (Å²) in [7, 11) is 0. The Morgan fingerprint density at radius 3 is 2.62 bits per heavy atom. The highest BCUT2D eigenvalue weighted by Gasteiger charge is 2.26. The van der Waals surface area contributed by atoms with Gasteiger partial charge in [-0.1, -0.05) is 24.1 Å². The Morgan fingerprint density at radius 1 is 1.10 bits per heavy atom. The average Bonchev–Trinajstić information content (AvgIpc) is 2.50. The molecule has 0 bridgehead atoms. The molecule has 1 aliphatic carbocycles. The number of ether oxygens (including phenoxy) is 1. The predicted molar refractivity (Wildman–Crippen MR) is 80.5 cm³/mol. The minimum atomic E-state index is -0.238. The van der Waals surface area contributed by atoms with E-state index >= 15 is 0 Å². The van der Waals surface area contributed by atoms with E-state index in [1.165, 1.54) is 5.56 Å². The van der Waals surface area contributed by atoms with Crippen molar-refractivity contribution in [3.8, 4) is 11.6 Å². The monoisotopic (exact) mass is 284 g/mol. The lowest BCUT2D eigenvalue weighted by Gasteiger charge is -2.26. The summed E-state index contributed by atoms with van der Waals surface area (Å²) >= 11 is 0. The fourth-order valence-corrected chi connectivity index (χ4v) is 2.82. The highest BCUT2D eigenvalue weighted by molar-refractivity contribution is 5.32. The first-order valence-corrected chi connectivity index (χ1v) is 7.46. The molecule has 1 aromatic heterocycles. The van der Waals surface area contributed by atoms with Gasteiger partial charge in [-0.25, -0.2) is 4.98 Å². The number of aromatic nitrogens is 2. The zero-order chi connectivity index (χ0) is 14.7. The van der Waals surface area contributed by atoms with Crippen LogP contribution in [0.5, 0.6) is 11.6 Å². The van der Waals surface area contributed by atoms with Gasteiger partial charge < -0.3 is 9.84 Å². The van der Waals surface area contributed by atoms with Crippen molar-refractivity contribution in [2.75, 3.05) is 0 Å². The summed E-state index contributed by atoms with van der Waals surface area (Å²) in [6.45, 7) is 2.04. The molecular formula is C17H20N2O2.